The molecule has 2 aromatic rings. The molecule has 2 N–H and O–H groups in total. The number of nitrogens with two attached hydrogens (primary N) is 1. The fraction of sp³-hybridized carbons (Fsp3) is 0.188. The Morgan fingerprint density at radius 3 is 2.35 bits per heavy atom. The second-order valence-electron chi connectivity index (χ2n) is 4.40. The second-order valence-corrected chi connectivity index (χ2v) is 5.57. The molecule has 3 nitrogen and oxygen atoms in total. The molecule has 104 valence electrons. The van der Waals surface area contributed by atoms with Gasteiger partial charge in [-0.2, -0.15) is 0 Å². The van der Waals surface area contributed by atoms with Crippen molar-refractivity contribution in [2.75, 3.05) is 12.4 Å². The van der Waals surface area contributed by atoms with E-state index < -0.39 is 5.91 Å². The van der Waals surface area contributed by atoms with E-state index in [1.165, 1.54) is 10.5 Å². The largest absolute Gasteiger partial charge is 0.493 e. The van der Waals surface area contributed by atoms with E-state index in [4.69, 9.17) is 10.5 Å². The third kappa shape index (κ3) is 4.31. The zero-order valence-corrected chi connectivity index (χ0v) is 12.2. The van der Waals surface area contributed by atoms with Crippen LogP contribution in [0, 0.1) is 6.92 Å². The maximum Gasteiger partial charge on any atom is 0.248 e. The summed E-state index contributed by atoms with van der Waals surface area (Å²) in [6.45, 7) is 2.70. The molecule has 2 aromatic carbocycles. The molecule has 20 heavy (non-hydrogen) atoms. The average Bonchev–Trinajstić information content (AvgIpc) is 2.46. The molecule has 0 aliphatic carbocycles. The zero-order chi connectivity index (χ0) is 14.4. The Bertz CT molecular complexity index is 564. The van der Waals surface area contributed by atoms with Crippen LogP contribution in [0.25, 0.3) is 0 Å². The van der Waals surface area contributed by atoms with Gasteiger partial charge >= 0.3 is 0 Å². The Balaban J connectivity index is 1.75. The number of rotatable bonds is 6. The van der Waals surface area contributed by atoms with Gasteiger partial charge in [0.15, 0.2) is 0 Å². The Labute approximate surface area is 123 Å². The predicted molar refractivity (Wildman–Crippen MR) is 82.4 cm³/mol. The van der Waals surface area contributed by atoms with Gasteiger partial charge < -0.3 is 10.5 Å². The van der Waals surface area contributed by atoms with Crippen LogP contribution in [0.15, 0.2) is 53.4 Å². The second kappa shape index (κ2) is 7.01. The Morgan fingerprint density at radius 1 is 1.10 bits per heavy atom. The van der Waals surface area contributed by atoms with E-state index in [2.05, 4.69) is 31.2 Å². The molecule has 0 spiro atoms. The third-order valence-corrected chi connectivity index (χ3v) is 3.76. The van der Waals surface area contributed by atoms with Crippen molar-refractivity contribution in [3.05, 3.63) is 59.7 Å². The zero-order valence-electron chi connectivity index (χ0n) is 11.3. The van der Waals surface area contributed by atoms with Crippen molar-refractivity contribution in [3.63, 3.8) is 0 Å². The number of carbonyl (C=O) groups excluding carboxylic acids is 1. The van der Waals surface area contributed by atoms with Gasteiger partial charge in [-0.05, 0) is 43.3 Å². The van der Waals surface area contributed by atoms with Crippen LogP contribution in [0.5, 0.6) is 5.75 Å². The lowest BCUT2D eigenvalue weighted by Gasteiger charge is -2.06. The van der Waals surface area contributed by atoms with E-state index in [0.717, 1.165) is 11.5 Å². The number of carbonyl (C=O) groups is 1. The first-order valence-corrected chi connectivity index (χ1v) is 7.36. The summed E-state index contributed by atoms with van der Waals surface area (Å²) in [5.74, 6) is 1.20. The number of benzene rings is 2. The van der Waals surface area contributed by atoms with Crippen molar-refractivity contribution in [2.24, 2.45) is 5.73 Å². The van der Waals surface area contributed by atoms with Crippen LogP contribution in [-0.4, -0.2) is 18.3 Å². The van der Waals surface area contributed by atoms with E-state index in [0.29, 0.717) is 12.2 Å². The van der Waals surface area contributed by atoms with Gasteiger partial charge in [0.25, 0.3) is 0 Å². The highest BCUT2D eigenvalue weighted by Gasteiger charge is 2.00. The topological polar surface area (TPSA) is 52.3 Å². The fourth-order valence-electron chi connectivity index (χ4n) is 1.67. The van der Waals surface area contributed by atoms with E-state index in [1.54, 1.807) is 36.0 Å². The summed E-state index contributed by atoms with van der Waals surface area (Å²) in [5.41, 5.74) is 6.93. The van der Waals surface area contributed by atoms with Crippen LogP contribution in [0.1, 0.15) is 15.9 Å². The number of hydrogen-bond acceptors (Lipinski definition) is 3. The molecule has 0 heterocycles. The molecule has 0 saturated heterocycles. The van der Waals surface area contributed by atoms with E-state index in [9.17, 15) is 4.79 Å². The monoisotopic (exact) mass is 287 g/mol. The van der Waals surface area contributed by atoms with Crippen LogP contribution in [0.2, 0.25) is 0 Å². The predicted octanol–water partition coefficient (Wildman–Crippen LogP) is 3.27. The highest BCUT2D eigenvalue weighted by Crippen LogP contribution is 2.19. The smallest absolute Gasteiger partial charge is 0.248 e. The fourth-order valence-corrected chi connectivity index (χ4v) is 2.40. The van der Waals surface area contributed by atoms with E-state index in [-0.39, 0.29) is 0 Å². The van der Waals surface area contributed by atoms with Crippen molar-refractivity contribution in [1.82, 2.24) is 0 Å². The molecule has 0 aromatic heterocycles. The minimum absolute atomic E-state index is 0.425. The first kappa shape index (κ1) is 14.5. The summed E-state index contributed by atoms with van der Waals surface area (Å²) in [6, 6.07) is 15.3. The van der Waals surface area contributed by atoms with Crippen LogP contribution < -0.4 is 10.5 Å². The van der Waals surface area contributed by atoms with Gasteiger partial charge in [0.2, 0.25) is 5.91 Å². The first-order chi connectivity index (χ1) is 9.65. The van der Waals surface area contributed by atoms with Crippen LogP contribution in [-0.2, 0) is 0 Å². The molecule has 1 amide bonds. The van der Waals surface area contributed by atoms with Gasteiger partial charge in [0.1, 0.15) is 5.75 Å². The minimum Gasteiger partial charge on any atom is -0.493 e. The molecule has 0 saturated carbocycles. The van der Waals surface area contributed by atoms with Crippen molar-refractivity contribution in [3.8, 4) is 5.75 Å². The van der Waals surface area contributed by atoms with Gasteiger partial charge in [0.05, 0.1) is 6.61 Å². The molecule has 2 rings (SSSR count). The van der Waals surface area contributed by atoms with Crippen molar-refractivity contribution >= 4 is 17.7 Å². The normalized spacial score (nSPS) is 10.2. The molecule has 0 unspecified atom stereocenters. The molecular weight excluding hydrogens is 270 g/mol. The van der Waals surface area contributed by atoms with Crippen molar-refractivity contribution in [1.29, 1.82) is 0 Å². The third-order valence-electron chi connectivity index (χ3n) is 2.78. The Morgan fingerprint density at radius 2 is 1.75 bits per heavy atom. The van der Waals surface area contributed by atoms with E-state index in [1.807, 2.05) is 0 Å². The number of primary amides is 1. The maximum atomic E-state index is 10.9. The minimum atomic E-state index is -0.425. The lowest BCUT2D eigenvalue weighted by Crippen LogP contribution is -2.10. The number of thioether (sulfide) groups is 1. The SMILES string of the molecule is Cc1ccc(SCCOc2ccc(C(N)=O)cc2)cc1. The molecular formula is C16H17NO2S. The number of ether oxygens (including phenoxy) is 1. The van der Waals surface area contributed by atoms with Gasteiger partial charge in [0, 0.05) is 16.2 Å². The van der Waals surface area contributed by atoms with Crippen molar-refractivity contribution < 1.29 is 9.53 Å². The lowest BCUT2D eigenvalue weighted by molar-refractivity contribution is 0.100. The number of aryl methyl sites for hydroxylation is 1. The molecule has 0 bridgehead atoms. The average molecular weight is 287 g/mol. The molecule has 0 fully saturated rings. The quantitative estimate of drug-likeness (QED) is 0.655. The Hall–Kier alpha value is -1.94. The van der Waals surface area contributed by atoms with Crippen LogP contribution >= 0.6 is 11.8 Å². The summed E-state index contributed by atoms with van der Waals surface area (Å²) >= 11 is 1.76. The standard InChI is InChI=1S/C16H17NO2S/c1-12-2-8-15(9-3-12)20-11-10-19-14-6-4-13(5-7-14)16(17)18/h2-9H,10-11H2,1H3,(H2,17,18). The van der Waals surface area contributed by atoms with Crippen LogP contribution in [0.3, 0.4) is 0 Å². The number of amides is 1. The van der Waals surface area contributed by atoms with Gasteiger partial charge in [-0.25, -0.2) is 0 Å². The summed E-state index contributed by atoms with van der Waals surface area (Å²) in [5, 5.41) is 0. The summed E-state index contributed by atoms with van der Waals surface area (Å²) in [6.07, 6.45) is 0. The van der Waals surface area contributed by atoms with Gasteiger partial charge in [-0.1, -0.05) is 17.7 Å². The molecule has 4 heteroatoms. The molecule has 0 radical (unpaired) electrons. The summed E-state index contributed by atoms with van der Waals surface area (Å²) in [7, 11) is 0. The summed E-state index contributed by atoms with van der Waals surface area (Å²) in [4.78, 5) is 12.2. The lowest BCUT2D eigenvalue weighted by atomic mass is 10.2. The first-order valence-electron chi connectivity index (χ1n) is 6.37. The van der Waals surface area contributed by atoms with Gasteiger partial charge in [-0.3, -0.25) is 4.79 Å². The number of hydrogen-bond donors (Lipinski definition) is 1. The maximum absolute atomic E-state index is 10.9. The van der Waals surface area contributed by atoms with E-state index >= 15 is 0 Å². The van der Waals surface area contributed by atoms with Crippen LogP contribution in [0.4, 0.5) is 0 Å². The Kier molecular flexibility index (Phi) is 5.07. The molecule has 0 aliphatic rings. The summed E-state index contributed by atoms with van der Waals surface area (Å²) < 4.78 is 5.61. The molecule has 0 aliphatic heterocycles. The van der Waals surface area contributed by atoms with Gasteiger partial charge in [-0.15, -0.1) is 11.8 Å². The van der Waals surface area contributed by atoms with Crippen molar-refractivity contribution in [2.45, 2.75) is 11.8 Å². The molecule has 0 atom stereocenters. The highest BCUT2D eigenvalue weighted by molar-refractivity contribution is 7.99. The highest BCUT2D eigenvalue weighted by atomic mass is 32.2.